The number of thioether (sulfide) groups is 1. The van der Waals surface area contributed by atoms with Crippen molar-refractivity contribution >= 4 is 33.2 Å². The van der Waals surface area contributed by atoms with E-state index in [-0.39, 0.29) is 11.7 Å². The fourth-order valence-corrected chi connectivity index (χ4v) is 5.46. The van der Waals surface area contributed by atoms with Gasteiger partial charge in [-0.1, -0.05) is 42.1 Å². The number of aryl methyl sites for hydroxylation is 2. The number of nitrogens with zero attached hydrogens (tertiary/aromatic N) is 5. The lowest BCUT2D eigenvalue weighted by Gasteiger charge is -2.33. The fraction of sp³-hybridized carbons (Fsp3) is 0.381. The Morgan fingerprint density at radius 2 is 1.77 bits per heavy atom. The van der Waals surface area contributed by atoms with Gasteiger partial charge >= 0.3 is 0 Å². The lowest BCUT2D eigenvalue weighted by molar-refractivity contribution is -0.129. The Morgan fingerprint density at radius 3 is 2.42 bits per heavy atom. The van der Waals surface area contributed by atoms with Gasteiger partial charge in [0.25, 0.3) is 0 Å². The SMILES string of the molecule is Cc1cc(C)c2c(-c3ccccc3)nc(SCC(=O)N3CCN(S(C)(=O)=O)CC3)n2n1. The van der Waals surface area contributed by atoms with Gasteiger partial charge < -0.3 is 4.90 Å². The van der Waals surface area contributed by atoms with E-state index in [2.05, 4.69) is 5.10 Å². The van der Waals surface area contributed by atoms with Crippen LogP contribution in [0.15, 0.2) is 41.6 Å². The van der Waals surface area contributed by atoms with E-state index in [1.807, 2.05) is 54.8 Å². The molecule has 0 saturated carbocycles. The molecule has 1 amide bonds. The average Bonchev–Trinajstić information content (AvgIpc) is 3.11. The van der Waals surface area contributed by atoms with E-state index < -0.39 is 10.0 Å². The van der Waals surface area contributed by atoms with Gasteiger partial charge in [-0.25, -0.2) is 17.9 Å². The molecule has 3 aromatic rings. The van der Waals surface area contributed by atoms with Crippen LogP contribution < -0.4 is 0 Å². The third kappa shape index (κ3) is 4.60. The predicted octanol–water partition coefficient (Wildman–Crippen LogP) is 2.21. The van der Waals surface area contributed by atoms with E-state index in [1.165, 1.54) is 22.3 Å². The zero-order valence-corrected chi connectivity index (χ0v) is 19.4. The number of imidazole rings is 1. The first-order valence-electron chi connectivity index (χ1n) is 10.0. The number of aromatic nitrogens is 3. The highest BCUT2D eigenvalue weighted by Gasteiger charge is 2.26. The topological polar surface area (TPSA) is 87.9 Å². The number of carbonyl (C=O) groups is 1. The van der Waals surface area contributed by atoms with Gasteiger partial charge in [-0.15, -0.1) is 0 Å². The van der Waals surface area contributed by atoms with Crippen molar-refractivity contribution in [3.05, 3.63) is 47.7 Å². The Labute approximate surface area is 186 Å². The van der Waals surface area contributed by atoms with Crippen LogP contribution in [0.4, 0.5) is 0 Å². The van der Waals surface area contributed by atoms with Gasteiger partial charge in [0.05, 0.1) is 28.9 Å². The Bertz CT molecular complexity index is 1220. The summed E-state index contributed by atoms with van der Waals surface area (Å²) in [6.07, 6.45) is 1.20. The lowest BCUT2D eigenvalue weighted by Crippen LogP contribution is -2.50. The molecule has 8 nitrogen and oxygen atoms in total. The second kappa shape index (κ2) is 8.60. The van der Waals surface area contributed by atoms with Crippen molar-refractivity contribution in [2.75, 3.05) is 38.2 Å². The summed E-state index contributed by atoms with van der Waals surface area (Å²) in [6.45, 7) is 5.45. The Morgan fingerprint density at radius 1 is 1.10 bits per heavy atom. The molecule has 0 aliphatic carbocycles. The minimum atomic E-state index is -3.22. The van der Waals surface area contributed by atoms with Crippen LogP contribution in [0.3, 0.4) is 0 Å². The highest BCUT2D eigenvalue weighted by Crippen LogP contribution is 2.31. The quantitative estimate of drug-likeness (QED) is 0.544. The molecule has 0 atom stereocenters. The molecule has 1 aliphatic heterocycles. The van der Waals surface area contributed by atoms with E-state index in [4.69, 9.17) is 4.98 Å². The first-order valence-corrected chi connectivity index (χ1v) is 12.9. The first-order chi connectivity index (χ1) is 14.7. The lowest BCUT2D eigenvalue weighted by atomic mass is 10.1. The minimum absolute atomic E-state index is 0.0273. The van der Waals surface area contributed by atoms with Crippen molar-refractivity contribution in [3.8, 4) is 11.3 Å². The smallest absolute Gasteiger partial charge is 0.233 e. The summed E-state index contributed by atoms with van der Waals surface area (Å²) in [4.78, 5) is 19.3. The van der Waals surface area contributed by atoms with E-state index in [1.54, 1.807) is 4.90 Å². The van der Waals surface area contributed by atoms with E-state index in [9.17, 15) is 13.2 Å². The monoisotopic (exact) mass is 459 g/mol. The van der Waals surface area contributed by atoms with Crippen LogP contribution in [-0.2, 0) is 14.8 Å². The predicted molar refractivity (Wildman–Crippen MR) is 122 cm³/mol. The molecule has 164 valence electrons. The van der Waals surface area contributed by atoms with Gasteiger partial charge in [0.1, 0.15) is 0 Å². The van der Waals surface area contributed by atoms with Gasteiger partial charge in [-0.3, -0.25) is 4.79 Å². The molecule has 0 N–H and O–H groups in total. The number of hydrogen-bond acceptors (Lipinski definition) is 6. The summed E-state index contributed by atoms with van der Waals surface area (Å²) in [6, 6.07) is 12.0. The third-order valence-electron chi connectivity index (χ3n) is 5.31. The molecule has 0 spiro atoms. The molecule has 0 bridgehead atoms. The van der Waals surface area contributed by atoms with Crippen LogP contribution in [0.1, 0.15) is 11.3 Å². The maximum Gasteiger partial charge on any atom is 0.233 e. The maximum atomic E-state index is 12.8. The van der Waals surface area contributed by atoms with Crippen molar-refractivity contribution in [1.29, 1.82) is 0 Å². The van der Waals surface area contributed by atoms with Crippen molar-refractivity contribution in [2.45, 2.75) is 19.0 Å². The summed E-state index contributed by atoms with van der Waals surface area (Å²) < 4.78 is 26.6. The van der Waals surface area contributed by atoms with Gasteiger partial charge in [0.15, 0.2) is 5.16 Å². The summed E-state index contributed by atoms with van der Waals surface area (Å²) >= 11 is 1.36. The second-order valence-corrected chi connectivity index (χ2v) is 10.6. The summed E-state index contributed by atoms with van der Waals surface area (Å²) in [5.41, 5.74) is 4.75. The van der Waals surface area contributed by atoms with Crippen molar-refractivity contribution < 1.29 is 13.2 Å². The standard InChI is InChI=1S/C21H25N5O3S2/c1-15-13-16(2)23-26-20(15)19(17-7-5-4-6-8-17)22-21(26)30-14-18(27)24-9-11-25(12-10-24)31(3,28)29/h4-8,13H,9-12,14H2,1-3H3. The van der Waals surface area contributed by atoms with E-state index in [0.717, 1.165) is 28.0 Å². The Kier molecular flexibility index (Phi) is 6.05. The molecule has 1 saturated heterocycles. The minimum Gasteiger partial charge on any atom is -0.339 e. The number of rotatable bonds is 5. The van der Waals surface area contributed by atoms with Crippen LogP contribution in [-0.4, -0.2) is 76.3 Å². The zero-order valence-electron chi connectivity index (χ0n) is 17.8. The van der Waals surface area contributed by atoms with Gasteiger partial charge in [0, 0.05) is 31.7 Å². The fourth-order valence-electron chi connectivity index (χ4n) is 3.78. The number of fused-ring (bicyclic) bond motifs is 1. The van der Waals surface area contributed by atoms with Crippen molar-refractivity contribution in [3.63, 3.8) is 0 Å². The Hall–Kier alpha value is -2.43. The number of hydrogen-bond donors (Lipinski definition) is 0. The number of carbonyl (C=O) groups excluding carboxylic acids is 1. The molecule has 10 heteroatoms. The average molecular weight is 460 g/mol. The highest BCUT2D eigenvalue weighted by atomic mass is 32.2. The van der Waals surface area contributed by atoms with Crippen LogP contribution in [0.25, 0.3) is 16.8 Å². The molecule has 3 heterocycles. The molecule has 0 radical (unpaired) electrons. The molecule has 2 aromatic heterocycles. The van der Waals surface area contributed by atoms with Gasteiger partial charge in [0.2, 0.25) is 15.9 Å². The third-order valence-corrected chi connectivity index (χ3v) is 7.53. The number of benzene rings is 1. The van der Waals surface area contributed by atoms with Gasteiger partial charge in [-0.05, 0) is 25.5 Å². The van der Waals surface area contributed by atoms with Crippen molar-refractivity contribution in [1.82, 2.24) is 23.8 Å². The second-order valence-electron chi connectivity index (χ2n) is 7.67. The van der Waals surface area contributed by atoms with Crippen LogP contribution >= 0.6 is 11.8 Å². The van der Waals surface area contributed by atoms with Crippen LogP contribution in [0, 0.1) is 13.8 Å². The highest BCUT2D eigenvalue weighted by molar-refractivity contribution is 7.99. The molecule has 1 aliphatic rings. The molecule has 31 heavy (non-hydrogen) atoms. The summed E-state index contributed by atoms with van der Waals surface area (Å²) in [7, 11) is -3.22. The van der Waals surface area contributed by atoms with Crippen LogP contribution in [0.5, 0.6) is 0 Å². The number of piperazine rings is 1. The normalized spacial score (nSPS) is 15.5. The molecule has 0 unspecified atom stereocenters. The largest absolute Gasteiger partial charge is 0.339 e. The summed E-state index contributed by atoms with van der Waals surface area (Å²) in [5.74, 6) is 0.196. The molecule has 4 rings (SSSR count). The molecule has 1 aromatic carbocycles. The van der Waals surface area contributed by atoms with Crippen LogP contribution in [0.2, 0.25) is 0 Å². The van der Waals surface area contributed by atoms with Crippen molar-refractivity contribution in [2.24, 2.45) is 0 Å². The van der Waals surface area contributed by atoms with Gasteiger partial charge in [-0.2, -0.15) is 9.40 Å². The Balaban J connectivity index is 1.55. The number of amides is 1. The molecular formula is C21H25N5O3S2. The molecule has 1 fully saturated rings. The maximum absolute atomic E-state index is 12.8. The number of sulfonamides is 1. The first kappa shape index (κ1) is 21.8. The zero-order chi connectivity index (χ0) is 22.2. The summed E-state index contributed by atoms with van der Waals surface area (Å²) in [5, 5.41) is 5.32. The van der Waals surface area contributed by atoms with E-state index >= 15 is 0 Å². The molecular weight excluding hydrogens is 434 g/mol. The van der Waals surface area contributed by atoms with E-state index in [0.29, 0.717) is 31.3 Å².